The van der Waals surface area contributed by atoms with Gasteiger partial charge in [0.15, 0.2) is 0 Å². The predicted molar refractivity (Wildman–Crippen MR) is 107 cm³/mol. The van der Waals surface area contributed by atoms with Crippen molar-refractivity contribution in [3.8, 4) is 0 Å². The molecule has 12 heteroatoms. The van der Waals surface area contributed by atoms with E-state index < -0.39 is 46.6 Å². The molecule has 2 aromatic rings. The Morgan fingerprint density at radius 2 is 1.94 bits per heavy atom. The van der Waals surface area contributed by atoms with Gasteiger partial charge < -0.3 is 15.5 Å². The zero-order chi connectivity index (χ0) is 23.9. The molecule has 2 aliphatic rings. The molecule has 3 amide bonds. The van der Waals surface area contributed by atoms with Crippen molar-refractivity contribution in [2.24, 2.45) is 5.92 Å². The lowest BCUT2D eigenvalue weighted by Gasteiger charge is -2.36. The Labute approximate surface area is 190 Å². The molecule has 4 rings (SSSR count). The van der Waals surface area contributed by atoms with Crippen LogP contribution in [0.1, 0.15) is 35.7 Å². The monoisotopic (exact) mass is 488 g/mol. The van der Waals surface area contributed by atoms with E-state index in [0.29, 0.717) is 6.07 Å². The Hall–Kier alpha value is -2.95. The van der Waals surface area contributed by atoms with Crippen LogP contribution in [0, 0.1) is 17.6 Å². The number of rotatable bonds is 4. The minimum atomic E-state index is -4.69. The molecule has 1 aliphatic carbocycles. The van der Waals surface area contributed by atoms with Gasteiger partial charge in [-0.15, -0.1) is 0 Å². The molecule has 2 N–H and O–H groups in total. The number of nitrogens with one attached hydrogen (secondary N) is 2. The van der Waals surface area contributed by atoms with Gasteiger partial charge in [-0.25, -0.2) is 13.6 Å². The van der Waals surface area contributed by atoms with E-state index in [1.54, 1.807) is 0 Å². The SMILES string of the molecule is O=C1NCCN(C(=O)NC(c2ccc(C(F)(F)F)nc2)c2ccc(F)c(Cl)c2F)[C@@H]1C1CC1. The maximum Gasteiger partial charge on any atom is 0.433 e. The second kappa shape index (κ2) is 8.77. The summed E-state index contributed by atoms with van der Waals surface area (Å²) < 4.78 is 67.3. The average Bonchev–Trinajstić information content (AvgIpc) is 3.61. The molecule has 176 valence electrons. The lowest BCUT2D eigenvalue weighted by Crippen LogP contribution is -2.60. The Bertz CT molecular complexity index is 1080. The molecule has 2 fully saturated rings. The quantitative estimate of drug-likeness (QED) is 0.504. The van der Waals surface area contributed by atoms with E-state index in [4.69, 9.17) is 11.6 Å². The van der Waals surface area contributed by atoms with Crippen LogP contribution in [0.25, 0.3) is 0 Å². The highest BCUT2D eigenvalue weighted by atomic mass is 35.5. The van der Waals surface area contributed by atoms with E-state index >= 15 is 0 Å². The Morgan fingerprint density at radius 3 is 2.55 bits per heavy atom. The first-order chi connectivity index (χ1) is 15.6. The second-order valence-electron chi connectivity index (χ2n) is 7.89. The molecule has 1 saturated carbocycles. The summed E-state index contributed by atoms with van der Waals surface area (Å²) >= 11 is 5.69. The highest BCUT2D eigenvalue weighted by Crippen LogP contribution is 2.37. The largest absolute Gasteiger partial charge is 0.433 e. The van der Waals surface area contributed by atoms with Gasteiger partial charge in [0.1, 0.15) is 28.4 Å². The van der Waals surface area contributed by atoms with Gasteiger partial charge in [-0.05, 0) is 36.5 Å². The van der Waals surface area contributed by atoms with Gasteiger partial charge in [0, 0.05) is 24.8 Å². The summed E-state index contributed by atoms with van der Waals surface area (Å²) in [5.41, 5.74) is -1.42. The van der Waals surface area contributed by atoms with Crippen molar-refractivity contribution in [2.45, 2.75) is 31.1 Å². The third-order valence-electron chi connectivity index (χ3n) is 5.64. The van der Waals surface area contributed by atoms with Crippen molar-refractivity contribution in [3.63, 3.8) is 0 Å². The zero-order valence-corrected chi connectivity index (χ0v) is 17.7. The highest BCUT2D eigenvalue weighted by Gasteiger charge is 2.44. The van der Waals surface area contributed by atoms with E-state index in [1.807, 2.05) is 0 Å². The number of hydrogen-bond donors (Lipinski definition) is 2. The van der Waals surface area contributed by atoms with Crippen LogP contribution in [0.15, 0.2) is 30.5 Å². The molecule has 1 aromatic carbocycles. The number of piperazine rings is 1. The van der Waals surface area contributed by atoms with Gasteiger partial charge in [0.25, 0.3) is 0 Å². The topological polar surface area (TPSA) is 74.3 Å². The van der Waals surface area contributed by atoms with Crippen molar-refractivity contribution >= 4 is 23.5 Å². The number of alkyl halides is 3. The van der Waals surface area contributed by atoms with Crippen LogP contribution in [0.2, 0.25) is 5.02 Å². The van der Waals surface area contributed by atoms with E-state index in [0.717, 1.165) is 37.2 Å². The van der Waals surface area contributed by atoms with Gasteiger partial charge in [-0.3, -0.25) is 9.78 Å². The maximum atomic E-state index is 14.8. The lowest BCUT2D eigenvalue weighted by atomic mass is 9.99. The summed E-state index contributed by atoms with van der Waals surface area (Å²) in [5.74, 6) is -2.51. The smallest absolute Gasteiger partial charge is 0.353 e. The second-order valence-corrected chi connectivity index (χ2v) is 8.27. The van der Waals surface area contributed by atoms with Crippen LogP contribution >= 0.6 is 11.6 Å². The van der Waals surface area contributed by atoms with Crippen molar-refractivity contribution in [3.05, 3.63) is 63.9 Å². The number of carbonyl (C=O) groups is 2. The van der Waals surface area contributed by atoms with Crippen molar-refractivity contribution in [1.29, 1.82) is 0 Å². The van der Waals surface area contributed by atoms with Crippen LogP contribution in [-0.4, -0.2) is 41.0 Å². The summed E-state index contributed by atoms with van der Waals surface area (Å²) in [7, 11) is 0. The zero-order valence-electron chi connectivity index (χ0n) is 16.9. The maximum absolute atomic E-state index is 14.8. The number of benzene rings is 1. The number of halogens is 6. The van der Waals surface area contributed by atoms with Crippen LogP contribution in [0.3, 0.4) is 0 Å². The fourth-order valence-corrected chi connectivity index (χ4v) is 4.02. The van der Waals surface area contributed by atoms with E-state index in [-0.39, 0.29) is 36.0 Å². The van der Waals surface area contributed by atoms with E-state index in [1.165, 1.54) is 4.90 Å². The number of urea groups is 1. The van der Waals surface area contributed by atoms with Crippen LogP contribution in [0.4, 0.5) is 26.7 Å². The molecular weight excluding hydrogens is 471 g/mol. The third kappa shape index (κ3) is 4.73. The number of carbonyl (C=O) groups excluding carboxylic acids is 2. The van der Waals surface area contributed by atoms with Gasteiger partial charge in [0.2, 0.25) is 5.91 Å². The standard InChI is InChI=1S/C21H18ClF5N4O2/c22-15-13(23)5-4-12(16(15)24)17(11-3-6-14(29-9-11)21(25,26)27)30-20(33)31-8-7-28-19(32)18(31)10-1-2-10/h3-6,9-10,17-18H,1-2,7-8H2,(H,28,32)(H,30,33)/t17?,18-/m1/s1. The molecule has 6 nitrogen and oxygen atoms in total. The van der Waals surface area contributed by atoms with E-state index in [9.17, 15) is 31.5 Å². The third-order valence-corrected chi connectivity index (χ3v) is 5.99. The van der Waals surface area contributed by atoms with Crippen LogP contribution < -0.4 is 10.6 Å². The van der Waals surface area contributed by atoms with Crippen molar-refractivity contribution < 1.29 is 31.5 Å². The molecule has 0 bridgehead atoms. The molecule has 1 unspecified atom stereocenters. The fourth-order valence-electron chi connectivity index (χ4n) is 3.85. The highest BCUT2D eigenvalue weighted by molar-refractivity contribution is 6.31. The van der Waals surface area contributed by atoms with Gasteiger partial charge >= 0.3 is 12.2 Å². The normalized spacial score (nSPS) is 19.8. The first-order valence-electron chi connectivity index (χ1n) is 10.1. The fraction of sp³-hybridized carbons (Fsp3) is 0.381. The number of amides is 3. The van der Waals surface area contributed by atoms with Crippen molar-refractivity contribution in [1.82, 2.24) is 20.5 Å². The molecule has 1 saturated heterocycles. The van der Waals surface area contributed by atoms with Gasteiger partial charge in [-0.2, -0.15) is 13.2 Å². The Kier molecular flexibility index (Phi) is 6.17. The lowest BCUT2D eigenvalue weighted by molar-refractivity contribution is -0.141. The van der Waals surface area contributed by atoms with Gasteiger partial charge in [-0.1, -0.05) is 23.7 Å². The van der Waals surface area contributed by atoms with E-state index in [2.05, 4.69) is 15.6 Å². The molecule has 0 radical (unpaired) electrons. The number of nitrogens with zero attached hydrogens (tertiary/aromatic N) is 2. The summed E-state index contributed by atoms with van der Waals surface area (Å²) in [6.07, 6.45) is -2.29. The first kappa shape index (κ1) is 23.2. The summed E-state index contributed by atoms with van der Waals surface area (Å²) in [6.45, 7) is 0.419. The minimum absolute atomic E-state index is 0.000706. The molecule has 33 heavy (non-hydrogen) atoms. The minimum Gasteiger partial charge on any atom is -0.353 e. The summed E-state index contributed by atoms with van der Waals surface area (Å²) in [6, 6.07) is 0.908. The molecule has 1 aliphatic heterocycles. The molecule has 2 atom stereocenters. The van der Waals surface area contributed by atoms with Gasteiger partial charge in [0.05, 0.1) is 6.04 Å². The van der Waals surface area contributed by atoms with Crippen LogP contribution in [0.5, 0.6) is 0 Å². The predicted octanol–water partition coefficient (Wildman–Crippen LogP) is 4.04. The molecule has 1 aromatic heterocycles. The Balaban J connectivity index is 1.69. The Morgan fingerprint density at radius 1 is 1.21 bits per heavy atom. The number of hydrogen-bond acceptors (Lipinski definition) is 3. The summed E-state index contributed by atoms with van der Waals surface area (Å²) in [4.78, 5) is 30.1. The molecule has 2 heterocycles. The van der Waals surface area contributed by atoms with Crippen molar-refractivity contribution in [2.75, 3.05) is 13.1 Å². The summed E-state index contributed by atoms with van der Waals surface area (Å²) in [5, 5.41) is 4.45. The number of aromatic nitrogens is 1. The molecule has 0 spiro atoms. The number of pyridine rings is 1. The molecular formula is C21H18ClF5N4O2. The first-order valence-corrected chi connectivity index (χ1v) is 10.5. The average molecular weight is 489 g/mol. The van der Waals surface area contributed by atoms with Crippen LogP contribution in [-0.2, 0) is 11.0 Å².